The van der Waals surface area contributed by atoms with Gasteiger partial charge in [-0.05, 0) is 90.0 Å². The molecule has 1 aromatic carbocycles. The number of nitrogens with zero attached hydrogens (tertiary/aromatic N) is 1. The second kappa shape index (κ2) is 7.78. The molecular weight excluding hydrogens is 358 g/mol. The SMILES string of the molecule is CCOC(=O)c1cncc(C=C(C)c2cc3c(cc2C)C(C)(C)CCC3(C)C)c1. The average Bonchev–Trinajstić information content (AvgIpc) is 2.65. The van der Waals surface area contributed by atoms with Crippen LogP contribution < -0.4 is 0 Å². The number of allylic oxidation sites excluding steroid dienone is 1. The van der Waals surface area contributed by atoms with Gasteiger partial charge in [0.25, 0.3) is 0 Å². The summed E-state index contributed by atoms with van der Waals surface area (Å²) in [6, 6.07) is 6.62. The summed E-state index contributed by atoms with van der Waals surface area (Å²) in [6.07, 6.45) is 7.86. The first kappa shape index (κ1) is 21.3. The van der Waals surface area contributed by atoms with Crippen LogP contribution in [0, 0.1) is 6.92 Å². The molecule has 0 saturated carbocycles. The van der Waals surface area contributed by atoms with E-state index in [1.54, 1.807) is 19.3 Å². The van der Waals surface area contributed by atoms with E-state index in [2.05, 4.69) is 64.7 Å². The Bertz CT molecular complexity index is 967. The molecule has 0 amide bonds. The molecule has 2 aromatic rings. The van der Waals surface area contributed by atoms with Crippen molar-refractivity contribution in [3.8, 4) is 0 Å². The zero-order valence-electron chi connectivity index (χ0n) is 18.8. The molecule has 0 spiro atoms. The van der Waals surface area contributed by atoms with Gasteiger partial charge in [0.2, 0.25) is 0 Å². The van der Waals surface area contributed by atoms with E-state index in [9.17, 15) is 4.79 Å². The molecular formula is C26H33NO2. The molecule has 0 aliphatic heterocycles. The quantitative estimate of drug-likeness (QED) is 0.560. The number of pyridine rings is 1. The third-order valence-electron chi connectivity index (χ3n) is 6.28. The Morgan fingerprint density at radius 1 is 1.07 bits per heavy atom. The van der Waals surface area contributed by atoms with Crippen LogP contribution in [0.2, 0.25) is 0 Å². The van der Waals surface area contributed by atoms with E-state index < -0.39 is 0 Å². The summed E-state index contributed by atoms with van der Waals surface area (Å²) in [4.78, 5) is 16.2. The Labute approximate surface area is 175 Å². The topological polar surface area (TPSA) is 39.2 Å². The van der Waals surface area contributed by atoms with Crippen LogP contribution in [-0.2, 0) is 15.6 Å². The van der Waals surface area contributed by atoms with Crippen molar-refractivity contribution in [1.82, 2.24) is 4.98 Å². The highest BCUT2D eigenvalue weighted by atomic mass is 16.5. The molecule has 1 heterocycles. The molecule has 0 unspecified atom stereocenters. The first-order valence-corrected chi connectivity index (χ1v) is 10.5. The van der Waals surface area contributed by atoms with E-state index in [1.807, 2.05) is 6.07 Å². The highest BCUT2D eigenvalue weighted by molar-refractivity contribution is 5.90. The van der Waals surface area contributed by atoms with E-state index in [4.69, 9.17) is 4.74 Å². The summed E-state index contributed by atoms with van der Waals surface area (Å²) < 4.78 is 5.10. The number of fused-ring (bicyclic) bond motifs is 1. The average molecular weight is 392 g/mol. The second-order valence-corrected chi connectivity index (χ2v) is 9.54. The molecule has 0 bridgehead atoms. The van der Waals surface area contributed by atoms with Crippen LogP contribution >= 0.6 is 0 Å². The molecule has 0 atom stereocenters. The lowest BCUT2D eigenvalue weighted by Gasteiger charge is -2.42. The lowest BCUT2D eigenvalue weighted by molar-refractivity contribution is 0.0526. The van der Waals surface area contributed by atoms with Crippen LogP contribution in [0.5, 0.6) is 0 Å². The van der Waals surface area contributed by atoms with Gasteiger partial charge in [-0.25, -0.2) is 4.79 Å². The Morgan fingerprint density at radius 2 is 1.69 bits per heavy atom. The fourth-order valence-electron chi connectivity index (χ4n) is 4.34. The van der Waals surface area contributed by atoms with Crippen LogP contribution in [0.25, 0.3) is 11.6 Å². The monoisotopic (exact) mass is 391 g/mol. The van der Waals surface area contributed by atoms with E-state index in [0.717, 1.165) is 5.56 Å². The number of aryl methyl sites for hydroxylation is 1. The minimum Gasteiger partial charge on any atom is -0.462 e. The molecule has 3 nitrogen and oxygen atoms in total. The third-order valence-corrected chi connectivity index (χ3v) is 6.28. The number of hydrogen-bond acceptors (Lipinski definition) is 3. The Balaban J connectivity index is 2.03. The summed E-state index contributed by atoms with van der Waals surface area (Å²) in [7, 11) is 0. The van der Waals surface area contributed by atoms with Crippen molar-refractivity contribution in [3.05, 3.63) is 64.0 Å². The van der Waals surface area contributed by atoms with Crippen molar-refractivity contribution in [2.24, 2.45) is 0 Å². The van der Waals surface area contributed by atoms with Gasteiger partial charge in [0.1, 0.15) is 0 Å². The predicted molar refractivity (Wildman–Crippen MR) is 120 cm³/mol. The fraction of sp³-hybridized carbons (Fsp3) is 0.462. The molecule has 0 radical (unpaired) electrons. The van der Waals surface area contributed by atoms with Gasteiger partial charge in [0, 0.05) is 12.4 Å². The summed E-state index contributed by atoms with van der Waals surface area (Å²) in [5.74, 6) is -0.332. The van der Waals surface area contributed by atoms with Gasteiger partial charge in [0.05, 0.1) is 12.2 Å². The number of esters is 1. The lowest BCUT2D eigenvalue weighted by Crippen LogP contribution is -2.34. The zero-order valence-corrected chi connectivity index (χ0v) is 18.8. The van der Waals surface area contributed by atoms with Gasteiger partial charge in [-0.15, -0.1) is 0 Å². The molecule has 1 aliphatic rings. The largest absolute Gasteiger partial charge is 0.462 e. The van der Waals surface area contributed by atoms with Gasteiger partial charge >= 0.3 is 5.97 Å². The molecule has 1 aliphatic carbocycles. The number of benzene rings is 1. The fourth-order valence-corrected chi connectivity index (χ4v) is 4.34. The first-order chi connectivity index (χ1) is 13.5. The lowest BCUT2D eigenvalue weighted by atomic mass is 9.62. The minimum atomic E-state index is -0.332. The van der Waals surface area contributed by atoms with E-state index >= 15 is 0 Å². The van der Waals surface area contributed by atoms with Crippen LogP contribution in [0.3, 0.4) is 0 Å². The van der Waals surface area contributed by atoms with Gasteiger partial charge in [-0.1, -0.05) is 39.8 Å². The number of carbonyl (C=O) groups is 1. The second-order valence-electron chi connectivity index (χ2n) is 9.54. The molecule has 3 heteroatoms. The van der Waals surface area contributed by atoms with Crippen LogP contribution in [0.1, 0.15) is 92.6 Å². The maximum Gasteiger partial charge on any atom is 0.339 e. The van der Waals surface area contributed by atoms with Crippen molar-refractivity contribution in [3.63, 3.8) is 0 Å². The van der Waals surface area contributed by atoms with Gasteiger partial charge in [-0.3, -0.25) is 4.98 Å². The molecule has 0 fully saturated rings. The van der Waals surface area contributed by atoms with Crippen LogP contribution in [0.15, 0.2) is 30.6 Å². The highest BCUT2D eigenvalue weighted by Gasteiger charge is 2.37. The number of aromatic nitrogens is 1. The predicted octanol–water partition coefficient (Wildman–Crippen LogP) is 6.48. The number of rotatable bonds is 4. The smallest absolute Gasteiger partial charge is 0.339 e. The number of ether oxygens (including phenoxy) is 1. The van der Waals surface area contributed by atoms with Gasteiger partial charge in [-0.2, -0.15) is 0 Å². The van der Waals surface area contributed by atoms with Crippen LogP contribution in [-0.4, -0.2) is 17.6 Å². The van der Waals surface area contributed by atoms with Crippen LogP contribution in [0.4, 0.5) is 0 Å². The Kier molecular flexibility index (Phi) is 5.71. The highest BCUT2D eigenvalue weighted by Crippen LogP contribution is 2.47. The van der Waals surface area contributed by atoms with Crippen molar-refractivity contribution in [1.29, 1.82) is 0 Å². The summed E-state index contributed by atoms with van der Waals surface area (Å²) >= 11 is 0. The normalized spacial score (nSPS) is 17.6. The van der Waals surface area contributed by atoms with Crippen molar-refractivity contribution >= 4 is 17.6 Å². The Morgan fingerprint density at radius 3 is 2.31 bits per heavy atom. The number of carbonyl (C=O) groups excluding carboxylic acids is 1. The third kappa shape index (κ3) is 4.29. The van der Waals surface area contributed by atoms with Crippen molar-refractivity contribution in [2.45, 2.75) is 72.1 Å². The summed E-state index contributed by atoms with van der Waals surface area (Å²) in [5, 5.41) is 0. The molecule has 154 valence electrons. The first-order valence-electron chi connectivity index (χ1n) is 10.5. The molecule has 0 N–H and O–H groups in total. The molecule has 0 saturated heterocycles. The standard InChI is InChI=1S/C26H33NO2/c1-8-29-24(28)20-13-19(15-27-16-20)11-17(2)21-14-23-22(12-18(21)3)25(4,5)9-10-26(23,6)7/h11-16H,8-10H2,1-7H3. The number of hydrogen-bond donors (Lipinski definition) is 0. The maximum absolute atomic E-state index is 12.0. The maximum atomic E-state index is 12.0. The zero-order chi connectivity index (χ0) is 21.4. The van der Waals surface area contributed by atoms with Gasteiger partial charge in [0.15, 0.2) is 0 Å². The van der Waals surface area contributed by atoms with Crippen molar-refractivity contribution < 1.29 is 9.53 Å². The molecule has 3 rings (SSSR count). The van der Waals surface area contributed by atoms with E-state index in [1.165, 1.54) is 40.7 Å². The molecule has 29 heavy (non-hydrogen) atoms. The summed E-state index contributed by atoms with van der Waals surface area (Å²) in [6.45, 7) is 15.9. The minimum absolute atomic E-state index is 0.180. The summed E-state index contributed by atoms with van der Waals surface area (Å²) in [5.41, 5.74) is 8.45. The van der Waals surface area contributed by atoms with E-state index in [-0.39, 0.29) is 16.8 Å². The van der Waals surface area contributed by atoms with E-state index in [0.29, 0.717) is 12.2 Å². The van der Waals surface area contributed by atoms with Crippen molar-refractivity contribution in [2.75, 3.05) is 6.61 Å². The Hall–Kier alpha value is -2.42. The molecule has 1 aromatic heterocycles. The van der Waals surface area contributed by atoms with Gasteiger partial charge < -0.3 is 4.74 Å².